The predicted octanol–water partition coefficient (Wildman–Crippen LogP) is 2.91. The van der Waals surface area contributed by atoms with Crippen LogP contribution in [0.4, 0.5) is 8.78 Å². The zero-order chi connectivity index (χ0) is 21.6. The minimum atomic E-state index is -0.646. The Bertz CT molecular complexity index is 891. The van der Waals surface area contributed by atoms with Crippen LogP contribution in [0.3, 0.4) is 0 Å². The normalized spacial score (nSPS) is 18.7. The molecule has 1 atom stereocenters. The Morgan fingerprint density at radius 3 is 2.50 bits per heavy atom. The van der Waals surface area contributed by atoms with Crippen LogP contribution in [0.1, 0.15) is 19.3 Å². The number of hydrogen-bond donors (Lipinski definition) is 1. The number of rotatable bonds is 8. The quantitative estimate of drug-likeness (QED) is 0.715. The monoisotopic (exact) mass is 418 g/mol. The predicted molar refractivity (Wildman–Crippen MR) is 106 cm³/mol. The van der Waals surface area contributed by atoms with Crippen molar-refractivity contribution in [3.8, 4) is 11.5 Å². The van der Waals surface area contributed by atoms with E-state index in [0.717, 1.165) is 0 Å². The Hall–Kier alpha value is -3.16. The van der Waals surface area contributed by atoms with Crippen LogP contribution in [0.25, 0.3) is 0 Å². The minimum absolute atomic E-state index is 0.0583. The van der Waals surface area contributed by atoms with Crippen molar-refractivity contribution in [3.05, 3.63) is 60.2 Å². The highest BCUT2D eigenvalue weighted by Gasteiger charge is 2.39. The highest BCUT2D eigenvalue weighted by Crippen LogP contribution is 2.34. The van der Waals surface area contributed by atoms with Gasteiger partial charge in [0.15, 0.2) is 6.61 Å². The summed E-state index contributed by atoms with van der Waals surface area (Å²) in [6, 6.07) is 11.2. The zero-order valence-corrected chi connectivity index (χ0v) is 16.5. The molecule has 2 amide bonds. The number of amides is 2. The molecule has 0 unspecified atom stereocenters. The number of carbonyl (C=O) groups excluding carboxylic acids is 2. The molecule has 1 fully saturated rings. The minimum Gasteiger partial charge on any atom is -0.493 e. The van der Waals surface area contributed by atoms with Gasteiger partial charge in [-0.2, -0.15) is 0 Å². The van der Waals surface area contributed by atoms with E-state index in [1.54, 1.807) is 11.0 Å². The highest BCUT2D eigenvalue weighted by atomic mass is 19.1. The van der Waals surface area contributed by atoms with E-state index in [4.69, 9.17) is 15.2 Å². The standard InChI is InChI=1S/C22H24F2N2O4/c23-16-5-7-18(8-6-16)30-15-22(12-20(25)27)9-2-10-26(14-22)21(28)13-29-19-4-1-3-17(24)11-19/h1,3-8,11H,2,9-10,12-15H2,(H2,25,27)/t22-/m0/s1. The van der Waals surface area contributed by atoms with E-state index in [0.29, 0.717) is 25.1 Å². The van der Waals surface area contributed by atoms with Crippen molar-refractivity contribution < 1.29 is 27.8 Å². The van der Waals surface area contributed by atoms with Crippen molar-refractivity contribution in [1.29, 1.82) is 0 Å². The van der Waals surface area contributed by atoms with Crippen LogP contribution in [0.15, 0.2) is 48.5 Å². The molecule has 2 aromatic carbocycles. The van der Waals surface area contributed by atoms with Crippen LogP contribution in [0.2, 0.25) is 0 Å². The molecule has 0 spiro atoms. The van der Waals surface area contributed by atoms with Crippen LogP contribution in [-0.4, -0.2) is 43.0 Å². The summed E-state index contributed by atoms with van der Waals surface area (Å²) in [5, 5.41) is 0. The molecule has 0 aliphatic carbocycles. The van der Waals surface area contributed by atoms with Gasteiger partial charge in [-0.3, -0.25) is 9.59 Å². The third-order valence-corrected chi connectivity index (χ3v) is 5.08. The van der Waals surface area contributed by atoms with E-state index in [2.05, 4.69) is 0 Å². The number of nitrogens with zero attached hydrogens (tertiary/aromatic N) is 1. The van der Waals surface area contributed by atoms with Crippen LogP contribution in [0, 0.1) is 17.0 Å². The molecule has 8 heteroatoms. The van der Waals surface area contributed by atoms with Gasteiger partial charge in [0.05, 0.1) is 6.61 Å². The van der Waals surface area contributed by atoms with Gasteiger partial charge in [-0.25, -0.2) is 8.78 Å². The van der Waals surface area contributed by atoms with Crippen molar-refractivity contribution in [1.82, 2.24) is 4.90 Å². The molecule has 1 saturated heterocycles. The summed E-state index contributed by atoms with van der Waals surface area (Å²) in [6.07, 6.45) is 1.39. The second-order valence-electron chi connectivity index (χ2n) is 7.55. The average molecular weight is 418 g/mol. The molecule has 2 aromatic rings. The van der Waals surface area contributed by atoms with E-state index in [1.807, 2.05) is 0 Å². The summed E-state index contributed by atoms with van der Waals surface area (Å²) >= 11 is 0. The fourth-order valence-corrected chi connectivity index (χ4v) is 3.66. The van der Waals surface area contributed by atoms with Gasteiger partial charge in [-0.15, -0.1) is 0 Å². The summed E-state index contributed by atoms with van der Waals surface area (Å²) < 4.78 is 37.5. The van der Waals surface area contributed by atoms with E-state index in [-0.39, 0.29) is 43.7 Å². The van der Waals surface area contributed by atoms with E-state index < -0.39 is 17.1 Å². The molecular formula is C22H24F2N2O4. The first-order valence-electron chi connectivity index (χ1n) is 9.68. The van der Waals surface area contributed by atoms with Gasteiger partial charge < -0.3 is 20.1 Å². The first-order valence-corrected chi connectivity index (χ1v) is 9.68. The molecule has 3 rings (SSSR count). The molecule has 0 aromatic heterocycles. The van der Waals surface area contributed by atoms with Crippen LogP contribution in [-0.2, 0) is 9.59 Å². The number of likely N-dealkylation sites (tertiary alicyclic amines) is 1. The molecule has 1 heterocycles. The Labute approximate surface area is 173 Å². The van der Waals surface area contributed by atoms with E-state index >= 15 is 0 Å². The molecule has 2 N–H and O–H groups in total. The van der Waals surface area contributed by atoms with Crippen LogP contribution < -0.4 is 15.2 Å². The Morgan fingerprint density at radius 2 is 1.80 bits per heavy atom. The largest absolute Gasteiger partial charge is 0.493 e. The number of benzene rings is 2. The second-order valence-corrected chi connectivity index (χ2v) is 7.55. The third kappa shape index (κ3) is 5.92. The van der Waals surface area contributed by atoms with Gasteiger partial charge in [0.2, 0.25) is 5.91 Å². The van der Waals surface area contributed by atoms with Gasteiger partial charge in [0.1, 0.15) is 23.1 Å². The van der Waals surface area contributed by atoms with Crippen LogP contribution in [0.5, 0.6) is 11.5 Å². The first kappa shape index (κ1) is 21.5. The fourth-order valence-electron chi connectivity index (χ4n) is 3.66. The fraction of sp³-hybridized carbons (Fsp3) is 0.364. The number of hydrogen-bond acceptors (Lipinski definition) is 4. The molecule has 1 aliphatic heterocycles. The lowest BCUT2D eigenvalue weighted by Gasteiger charge is -2.42. The van der Waals surface area contributed by atoms with Crippen molar-refractivity contribution in [2.75, 3.05) is 26.3 Å². The maximum absolute atomic E-state index is 13.3. The number of halogens is 2. The Kier molecular flexibility index (Phi) is 6.87. The summed E-state index contributed by atoms with van der Waals surface area (Å²) in [7, 11) is 0. The molecule has 0 bridgehead atoms. The van der Waals surface area contributed by atoms with Gasteiger partial charge in [0.25, 0.3) is 5.91 Å². The second kappa shape index (κ2) is 9.56. The van der Waals surface area contributed by atoms with Crippen molar-refractivity contribution in [2.24, 2.45) is 11.1 Å². The van der Waals surface area contributed by atoms with Crippen LogP contribution >= 0.6 is 0 Å². The number of nitrogens with two attached hydrogens (primary N) is 1. The zero-order valence-electron chi connectivity index (χ0n) is 16.5. The van der Waals surface area contributed by atoms with Gasteiger partial charge in [0, 0.05) is 31.0 Å². The van der Waals surface area contributed by atoms with Gasteiger partial charge >= 0.3 is 0 Å². The maximum atomic E-state index is 13.3. The lowest BCUT2D eigenvalue weighted by Crippen LogP contribution is -2.51. The molecule has 1 aliphatic rings. The summed E-state index contributed by atoms with van der Waals surface area (Å²) in [6.45, 7) is 0.718. The highest BCUT2D eigenvalue weighted by molar-refractivity contribution is 5.78. The summed E-state index contributed by atoms with van der Waals surface area (Å²) in [4.78, 5) is 26.0. The Balaban J connectivity index is 1.64. The van der Waals surface area contributed by atoms with Gasteiger partial charge in [-0.1, -0.05) is 6.07 Å². The number of piperidine rings is 1. The van der Waals surface area contributed by atoms with Crippen molar-refractivity contribution >= 4 is 11.8 Å². The number of carbonyl (C=O) groups is 2. The maximum Gasteiger partial charge on any atom is 0.260 e. The molecule has 6 nitrogen and oxygen atoms in total. The number of primary amides is 1. The molecular weight excluding hydrogens is 394 g/mol. The molecule has 30 heavy (non-hydrogen) atoms. The molecule has 0 saturated carbocycles. The summed E-state index contributed by atoms with van der Waals surface area (Å²) in [5.41, 5.74) is 4.81. The lowest BCUT2D eigenvalue weighted by atomic mass is 9.77. The first-order chi connectivity index (χ1) is 14.3. The van der Waals surface area contributed by atoms with Crippen molar-refractivity contribution in [2.45, 2.75) is 19.3 Å². The molecule has 160 valence electrons. The SMILES string of the molecule is NC(=O)C[C@@]1(COc2ccc(F)cc2)CCCN(C(=O)COc2cccc(F)c2)C1. The average Bonchev–Trinajstić information content (AvgIpc) is 2.71. The summed E-state index contributed by atoms with van der Waals surface area (Å²) in [5.74, 6) is -0.836. The van der Waals surface area contributed by atoms with Crippen molar-refractivity contribution in [3.63, 3.8) is 0 Å². The van der Waals surface area contributed by atoms with Gasteiger partial charge in [-0.05, 0) is 49.2 Å². The smallest absolute Gasteiger partial charge is 0.260 e. The topological polar surface area (TPSA) is 81.9 Å². The lowest BCUT2D eigenvalue weighted by molar-refractivity contribution is -0.139. The van der Waals surface area contributed by atoms with E-state index in [1.165, 1.54) is 42.5 Å². The number of ether oxygens (including phenoxy) is 2. The Morgan fingerprint density at radius 1 is 1.03 bits per heavy atom. The van der Waals surface area contributed by atoms with E-state index in [9.17, 15) is 18.4 Å². The third-order valence-electron chi connectivity index (χ3n) is 5.08. The molecule has 0 radical (unpaired) electrons.